The number of hydrogen-bond acceptors (Lipinski definition) is 3. The molecule has 5 nitrogen and oxygen atoms in total. The van der Waals surface area contributed by atoms with Gasteiger partial charge in [0.25, 0.3) is 10.2 Å². The van der Waals surface area contributed by atoms with Crippen LogP contribution >= 0.6 is 0 Å². The molecule has 3 N–H and O–H groups in total. The highest BCUT2D eigenvalue weighted by Gasteiger charge is 2.29. The number of nitrogens with one attached hydrogen (secondary N) is 1. The van der Waals surface area contributed by atoms with Crippen molar-refractivity contribution in [2.75, 3.05) is 13.6 Å². The molecule has 0 unspecified atom stereocenters. The molecular weight excluding hydrogens is 274 g/mol. The van der Waals surface area contributed by atoms with Gasteiger partial charge in [0.15, 0.2) is 0 Å². The van der Waals surface area contributed by atoms with E-state index in [1.165, 1.54) is 4.31 Å². The highest BCUT2D eigenvalue weighted by atomic mass is 32.2. The van der Waals surface area contributed by atoms with E-state index < -0.39 is 10.2 Å². The predicted molar refractivity (Wildman–Crippen MR) is 78.9 cm³/mol. The van der Waals surface area contributed by atoms with Gasteiger partial charge in [-0.2, -0.15) is 17.4 Å². The van der Waals surface area contributed by atoms with Crippen molar-refractivity contribution in [3.05, 3.63) is 35.4 Å². The lowest BCUT2D eigenvalue weighted by Crippen LogP contribution is -2.38. The highest BCUT2D eigenvalue weighted by molar-refractivity contribution is 7.87. The normalized spacial score (nSPS) is 14.9. The van der Waals surface area contributed by atoms with E-state index in [0.717, 1.165) is 24.0 Å². The molecule has 1 saturated carbocycles. The molecule has 1 aliphatic carbocycles. The van der Waals surface area contributed by atoms with Gasteiger partial charge in [-0.05, 0) is 30.5 Å². The second-order valence-electron chi connectivity index (χ2n) is 4.86. The number of benzene rings is 1. The highest BCUT2D eigenvalue weighted by Crippen LogP contribution is 2.20. The Kier molecular flexibility index (Phi) is 4.78. The number of hydrogen-bond donors (Lipinski definition) is 2. The van der Waals surface area contributed by atoms with Crippen LogP contribution in [0.15, 0.2) is 24.3 Å². The Bertz CT molecular complexity index is 627. The summed E-state index contributed by atoms with van der Waals surface area (Å²) in [5.74, 6) is 5.72. The summed E-state index contributed by atoms with van der Waals surface area (Å²) in [6, 6.07) is 7.63. The summed E-state index contributed by atoms with van der Waals surface area (Å²) in [4.78, 5) is 0. The van der Waals surface area contributed by atoms with Crippen LogP contribution in [0.5, 0.6) is 0 Å². The van der Waals surface area contributed by atoms with Crippen LogP contribution in [0.2, 0.25) is 0 Å². The Balaban J connectivity index is 2.05. The first kappa shape index (κ1) is 15.0. The van der Waals surface area contributed by atoms with Crippen LogP contribution in [0.4, 0.5) is 0 Å². The second kappa shape index (κ2) is 6.37. The van der Waals surface area contributed by atoms with Crippen LogP contribution in [0.1, 0.15) is 24.0 Å². The molecule has 0 bridgehead atoms. The van der Waals surface area contributed by atoms with E-state index in [9.17, 15) is 8.42 Å². The molecule has 0 aromatic heterocycles. The zero-order valence-corrected chi connectivity index (χ0v) is 12.3. The quantitative estimate of drug-likeness (QED) is 0.773. The summed E-state index contributed by atoms with van der Waals surface area (Å²) in [6.07, 6.45) is 1.86. The summed E-state index contributed by atoms with van der Waals surface area (Å²) in [6.45, 7) is 0.629. The Hall–Kier alpha value is -1.39. The van der Waals surface area contributed by atoms with Gasteiger partial charge >= 0.3 is 0 Å². The molecule has 1 aromatic rings. The first-order valence-electron chi connectivity index (χ1n) is 6.53. The minimum absolute atomic E-state index is 0.115. The summed E-state index contributed by atoms with van der Waals surface area (Å²) >= 11 is 0. The number of nitrogens with two attached hydrogens (primary N) is 1. The molecule has 0 spiro atoms. The van der Waals surface area contributed by atoms with E-state index >= 15 is 0 Å². The molecule has 0 saturated heterocycles. The maximum absolute atomic E-state index is 12.0. The SMILES string of the molecule is CN(Cc1cccc(C#CCN)c1)S(=O)(=O)NC1CC1. The lowest BCUT2D eigenvalue weighted by Gasteiger charge is -2.17. The van der Waals surface area contributed by atoms with Crippen molar-refractivity contribution in [2.45, 2.75) is 25.4 Å². The fraction of sp³-hybridized carbons (Fsp3) is 0.429. The summed E-state index contributed by atoms with van der Waals surface area (Å²) in [5.41, 5.74) is 7.08. The van der Waals surface area contributed by atoms with Gasteiger partial charge in [-0.25, -0.2) is 0 Å². The third-order valence-corrected chi connectivity index (χ3v) is 4.55. The fourth-order valence-corrected chi connectivity index (χ4v) is 2.90. The van der Waals surface area contributed by atoms with Crippen LogP contribution in [-0.2, 0) is 16.8 Å². The van der Waals surface area contributed by atoms with Gasteiger partial charge in [0.2, 0.25) is 0 Å². The van der Waals surface area contributed by atoms with Crippen LogP contribution in [0.25, 0.3) is 0 Å². The minimum Gasteiger partial charge on any atom is -0.320 e. The van der Waals surface area contributed by atoms with Gasteiger partial charge in [0, 0.05) is 25.2 Å². The topological polar surface area (TPSA) is 75.4 Å². The van der Waals surface area contributed by atoms with Gasteiger partial charge in [0.1, 0.15) is 0 Å². The Morgan fingerprint density at radius 1 is 1.45 bits per heavy atom. The first-order chi connectivity index (χ1) is 9.51. The number of rotatable bonds is 5. The van der Waals surface area contributed by atoms with Gasteiger partial charge in [-0.1, -0.05) is 24.0 Å². The third kappa shape index (κ3) is 4.32. The molecule has 1 aromatic carbocycles. The number of nitrogens with zero attached hydrogens (tertiary/aromatic N) is 1. The fourth-order valence-electron chi connectivity index (χ4n) is 1.74. The van der Waals surface area contributed by atoms with Gasteiger partial charge in [0.05, 0.1) is 6.54 Å². The standard InChI is InChI=1S/C14H19N3O2S/c1-17(20(18,19)16-14-7-8-14)11-13-5-2-4-12(10-13)6-3-9-15/h2,4-5,10,14,16H,7-9,11,15H2,1H3. The lowest BCUT2D eigenvalue weighted by atomic mass is 10.1. The van der Waals surface area contributed by atoms with E-state index in [2.05, 4.69) is 16.6 Å². The third-order valence-electron chi connectivity index (χ3n) is 2.97. The van der Waals surface area contributed by atoms with Crippen molar-refractivity contribution >= 4 is 10.2 Å². The molecule has 2 rings (SSSR count). The average molecular weight is 293 g/mol. The Morgan fingerprint density at radius 2 is 2.20 bits per heavy atom. The maximum Gasteiger partial charge on any atom is 0.279 e. The molecule has 1 fully saturated rings. The molecule has 1 aliphatic rings. The van der Waals surface area contributed by atoms with E-state index in [-0.39, 0.29) is 6.04 Å². The molecule has 0 aliphatic heterocycles. The molecule has 0 radical (unpaired) electrons. The van der Waals surface area contributed by atoms with Gasteiger partial charge in [-0.15, -0.1) is 0 Å². The van der Waals surface area contributed by atoms with E-state index in [0.29, 0.717) is 13.1 Å². The Morgan fingerprint density at radius 3 is 2.85 bits per heavy atom. The monoisotopic (exact) mass is 293 g/mol. The zero-order chi connectivity index (χ0) is 14.6. The zero-order valence-electron chi connectivity index (χ0n) is 11.5. The predicted octanol–water partition coefficient (Wildman–Crippen LogP) is 0.425. The Labute approximate surface area is 120 Å². The molecule has 0 atom stereocenters. The summed E-state index contributed by atoms with van der Waals surface area (Å²) in [5, 5.41) is 0. The molecule has 0 amide bonds. The largest absolute Gasteiger partial charge is 0.320 e. The molecular formula is C14H19N3O2S. The van der Waals surface area contributed by atoms with E-state index in [4.69, 9.17) is 5.73 Å². The van der Waals surface area contributed by atoms with Crippen molar-refractivity contribution in [1.29, 1.82) is 0 Å². The lowest BCUT2D eigenvalue weighted by molar-refractivity contribution is 0.454. The van der Waals surface area contributed by atoms with Crippen molar-refractivity contribution in [2.24, 2.45) is 5.73 Å². The minimum atomic E-state index is -3.40. The van der Waals surface area contributed by atoms with E-state index in [1.807, 2.05) is 24.3 Å². The van der Waals surface area contributed by atoms with Crippen LogP contribution in [0, 0.1) is 11.8 Å². The van der Waals surface area contributed by atoms with E-state index in [1.54, 1.807) is 7.05 Å². The molecule has 0 heterocycles. The van der Waals surface area contributed by atoms with Gasteiger partial charge in [-0.3, -0.25) is 0 Å². The molecule has 20 heavy (non-hydrogen) atoms. The average Bonchev–Trinajstić information content (AvgIpc) is 3.20. The molecule has 6 heteroatoms. The van der Waals surface area contributed by atoms with Crippen LogP contribution < -0.4 is 10.5 Å². The van der Waals surface area contributed by atoms with Crippen molar-refractivity contribution in [1.82, 2.24) is 9.03 Å². The summed E-state index contributed by atoms with van der Waals surface area (Å²) in [7, 11) is -1.83. The van der Waals surface area contributed by atoms with Crippen molar-refractivity contribution in [3.8, 4) is 11.8 Å². The van der Waals surface area contributed by atoms with Crippen LogP contribution in [0.3, 0.4) is 0 Å². The summed E-state index contributed by atoms with van der Waals surface area (Å²) < 4.78 is 28.0. The molecule has 108 valence electrons. The van der Waals surface area contributed by atoms with Crippen LogP contribution in [-0.4, -0.2) is 32.4 Å². The first-order valence-corrected chi connectivity index (χ1v) is 7.97. The smallest absolute Gasteiger partial charge is 0.279 e. The van der Waals surface area contributed by atoms with Crippen molar-refractivity contribution in [3.63, 3.8) is 0 Å². The maximum atomic E-state index is 12.0. The van der Waals surface area contributed by atoms with Gasteiger partial charge < -0.3 is 5.73 Å². The van der Waals surface area contributed by atoms with Crippen molar-refractivity contribution < 1.29 is 8.42 Å². The second-order valence-corrected chi connectivity index (χ2v) is 6.67.